The van der Waals surface area contributed by atoms with E-state index in [1.54, 1.807) is 6.92 Å². The summed E-state index contributed by atoms with van der Waals surface area (Å²) in [5.74, 6) is -1.29. The topological polar surface area (TPSA) is 95.9 Å². The third kappa shape index (κ3) is 4.32. The van der Waals surface area contributed by atoms with Crippen LogP contribution in [0, 0.1) is 0 Å². The maximum Gasteiger partial charge on any atom is 0.407 e. The van der Waals surface area contributed by atoms with Gasteiger partial charge in [0, 0.05) is 24.9 Å². The van der Waals surface area contributed by atoms with Crippen molar-refractivity contribution < 1.29 is 24.2 Å². The minimum Gasteiger partial charge on any atom is -0.480 e. The first-order chi connectivity index (χ1) is 15.8. The number of carboxylic acid groups (broad SMARTS) is 1. The standard InChI is InChI=1S/C26H30N2O5/c1-3-17(15-23(29)28-14-8-13-26(28,2)24(30)31)27-25(32)33-16-22-20-11-6-4-9-18(20)19-10-5-7-12-21(19)22/h4-7,9-12,17,22H,3,8,13-16H2,1-2H3,(H,27,32)(H,30,31)/t17-,26+/m1/s1. The molecule has 7 nitrogen and oxygen atoms in total. The molecule has 1 aliphatic heterocycles. The van der Waals surface area contributed by atoms with E-state index in [1.165, 1.54) is 4.90 Å². The van der Waals surface area contributed by atoms with Crippen LogP contribution < -0.4 is 5.32 Å². The molecule has 2 aliphatic rings. The number of alkyl carbamates (subject to hydrolysis) is 1. The average Bonchev–Trinajstić information content (AvgIpc) is 3.36. The van der Waals surface area contributed by atoms with Crippen LogP contribution in [0.2, 0.25) is 0 Å². The number of rotatable bonds is 7. The van der Waals surface area contributed by atoms with Crippen LogP contribution in [0.1, 0.15) is 56.6 Å². The number of likely N-dealkylation sites (tertiary alicyclic amines) is 1. The van der Waals surface area contributed by atoms with Gasteiger partial charge in [0.05, 0.1) is 0 Å². The first-order valence-electron chi connectivity index (χ1n) is 11.5. The van der Waals surface area contributed by atoms with Crippen molar-refractivity contribution in [2.75, 3.05) is 13.2 Å². The molecule has 0 unspecified atom stereocenters. The first-order valence-corrected chi connectivity index (χ1v) is 11.5. The van der Waals surface area contributed by atoms with Gasteiger partial charge in [0.2, 0.25) is 5.91 Å². The number of carbonyl (C=O) groups excluding carboxylic acids is 2. The van der Waals surface area contributed by atoms with Crippen LogP contribution in [0.4, 0.5) is 4.79 Å². The van der Waals surface area contributed by atoms with E-state index >= 15 is 0 Å². The van der Waals surface area contributed by atoms with Gasteiger partial charge in [0.1, 0.15) is 12.1 Å². The Kier molecular flexibility index (Phi) is 6.40. The Hall–Kier alpha value is -3.35. The molecule has 33 heavy (non-hydrogen) atoms. The van der Waals surface area contributed by atoms with E-state index in [2.05, 4.69) is 29.6 Å². The predicted octanol–water partition coefficient (Wildman–Crippen LogP) is 4.16. The van der Waals surface area contributed by atoms with Gasteiger partial charge in [-0.1, -0.05) is 55.5 Å². The van der Waals surface area contributed by atoms with Gasteiger partial charge in [-0.2, -0.15) is 0 Å². The molecule has 1 saturated heterocycles. The minimum atomic E-state index is -1.18. The lowest BCUT2D eigenvalue weighted by molar-refractivity contribution is -0.155. The number of amides is 2. The number of fused-ring (bicyclic) bond motifs is 3. The van der Waals surface area contributed by atoms with Gasteiger partial charge in [-0.25, -0.2) is 9.59 Å². The fourth-order valence-corrected chi connectivity index (χ4v) is 5.01. The fraction of sp³-hybridized carbons (Fsp3) is 0.423. The molecule has 2 amide bonds. The lowest BCUT2D eigenvalue weighted by Crippen LogP contribution is -2.52. The summed E-state index contributed by atoms with van der Waals surface area (Å²) in [5.41, 5.74) is 3.41. The summed E-state index contributed by atoms with van der Waals surface area (Å²) in [5, 5.41) is 12.4. The van der Waals surface area contributed by atoms with E-state index in [-0.39, 0.29) is 24.9 Å². The molecule has 0 saturated carbocycles. The van der Waals surface area contributed by atoms with Gasteiger partial charge in [-0.05, 0) is 48.4 Å². The van der Waals surface area contributed by atoms with Crippen molar-refractivity contribution in [1.82, 2.24) is 10.2 Å². The van der Waals surface area contributed by atoms with Crippen LogP contribution in [-0.4, -0.2) is 52.7 Å². The highest BCUT2D eigenvalue weighted by Crippen LogP contribution is 2.44. The van der Waals surface area contributed by atoms with Gasteiger partial charge in [0.15, 0.2) is 0 Å². The molecule has 1 aliphatic carbocycles. The SMILES string of the molecule is CC[C@H](CC(=O)N1CCC[C@@]1(C)C(=O)O)NC(=O)OCC1c2ccccc2-c2ccccc21. The Labute approximate surface area is 193 Å². The maximum atomic E-state index is 12.8. The summed E-state index contributed by atoms with van der Waals surface area (Å²) < 4.78 is 5.59. The molecule has 0 aromatic heterocycles. The van der Waals surface area contributed by atoms with Crippen LogP contribution in [-0.2, 0) is 14.3 Å². The minimum absolute atomic E-state index is 0.0364. The third-order valence-electron chi connectivity index (χ3n) is 6.98. The van der Waals surface area contributed by atoms with Gasteiger partial charge < -0.3 is 20.1 Å². The second-order valence-electron chi connectivity index (χ2n) is 9.01. The third-order valence-corrected chi connectivity index (χ3v) is 6.98. The maximum absolute atomic E-state index is 12.8. The van der Waals surface area contributed by atoms with Crippen LogP contribution in [0.5, 0.6) is 0 Å². The fourth-order valence-electron chi connectivity index (χ4n) is 5.01. The zero-order valence-electron chi connectivity index (χ0n) is 19.0. The Morgan fingerprint density at radius 1 is 1.12 bits per heavy atom. The molecule has 2 aromatic carbocycles. The number of hydrogen-bond donors (Lipinski definition) is 2. The van der Waals surface area contributed by atoms with E-state index in [0.717, 1.165) is 22.3 Å². The summed E-state index contributed by atoms with van der Waals surface area (Å²) in [6.07, 6.45) is 1.10. The number of ether oxygens (including phenoxy) is 1. The number of carbonyl (C=O) groups is 3. The Morgan fingerprint density at radius 3 is 2.30 bits per heavy atom. The molecule has 2 atom stereocenters. The normalized spacial score (nSPS) is 20.1. The lowest BCUT2D eigenvalue weighted by atomic mass is 9.98. The van der Waals surface area contributed by atoms with Gasteiger partial charge in [-0.3, -0.25) is 4.79 Å². The summed E-state index contributed by atoms with van der Waals surface area (Å²) in [7, 11) is 0. The quantitative estimate of drug-likeness (QED) is 0.660. The van der Waals surface area contributed by atoms with Crippen molar-refractivity contribution in [1.29, 1.82) is 0 Å². The number of nitrogens with zero attached hydrogens (tertiary/aromatic N) is 1. The molecular weight excluding hydrogens is 420 g/mol. The molecular formula is C26H30N2O5. The van der Waals surface area contributed by atoms with Crippen molar-refractivity contribution in [2.45, 2.75) is 57.0 Å². The lowest BCUT2D eigenvalue weighted by Gasteiger charge is -2.32. The van der Waals surface area contributed by atoms with Crippen LogP contribution in [0.15, 0.2) is 48.5 Å². The zero-order chi connectivity index (χ0) is 23.6. The van der Waals surface area contributed by atoms with Gasteiger partial charge >= 0.3 is 12.1 Å². The smallest absolute Gasteiger partial charge is 0.407 e. The van der Waals surface area contributed by atoms with E-state index in [9.17, 15) is 19.5 Å². The molecule has 174 valence electrons. The van der Waals surface area contributed by atoms with Crippen molar-refractivity contribution in [3.8, 4) is 11.1 Å². The van der Waals surface area contributed by atoms with Crippen LogP contribution >= 0.6 is 0 Å². The molecule has 7 heteroatoms. The highest BCUT2D eigenvalue weighted by Gasteiger charge is 2.46. The van der Waals surface area contributed by atoms with Crippen molar-refractivity contribution in [3.63, 3.8) is 0 Å². The monoisotopic (exact) mass is 450 g/mol. The average molecular weight is 451 g/mol. The highest BCUT2D eigenvalue weighted by molar-refractivity contribution is 5.88. The van der Waals surface area contributed by atoms with Crippen LogP contribution in [0.25, 0.3) is 11.1 Å². The molecule has 2 N–H and O–H groups in total. The number of carboxylic acids is 1. The van der Waals surface area contributed by atoms with Crippen molar-refractivity contribution in [3.05, 3.63) is 59.7 Å². The Morgan fingerprint density at radius 2 is 1.73 bits per heavy atom. The van der Waals surface area contributed by atoms with E-state index in [1.807, 2.05) is 31.2 Å². The first kappa shape index (κ1) is 22.8. The van der Waals surface area contributed by atoms with Gasteiger partial charge in [-0.15, -0.1) is 0 Å². The largest absolute Gasteiger partial charge is 0.480 e. The molecule has 1 fully saturated rings. The van der Waals surface area contributed by atoms with E-state index < -0.39 is 23.6 Å². The zero-order valence-corrected chi connectivity index (χ0v) is 19.0. The summed E-state index contributed by atoms with van der Waals surface area (Å²) in [6.45, 7) is 4.08. The highest BCUT2D eigenvalue weighted by atomic mass is 16.5. The molecule has 0 radical (unpaired) electrons. The predicted molar refractivity (Wildman–Crippen MR) is 124 cm³/mol. The van der Waals surface area contributed by atoms with Gasteiger partial charge in [0.25, 0.3) is 0 Å². The van der Waals surface area contributed by atoms with E-state index in [0.29, 0.717) is 25.8 Å². The molecule has 0 spiro atoms. The molecule has 1 heterocycles. The van der Waals surface area contributed by atoms with E-state index in [4.69, 9.17) is 4.74 Å². The van der Waals surface area contributed by atoms with Crippen molar-refractivity contribution >= 4 is 18.0 Å². The van der Waals surface area contributed by atoms with Crippen molar-refractivity contribution in [2.24, 2.45) is 0 Å². The number of nitrogens with one attached hydrogen (secondary N) is 1. The number of aliphatic carboxylic acids is 1. The summed E-state index contributed by atoms with van der Waals surface area (Å²) >= 11 is 0. The Bertz CT molecular complexity index is 1020. The number of hydrogen-bond acceptors (Lipinski definition) is 4. The second kappa shape index (κ2) is 9.25. The second-order valence-corrected chi connectivity index (χ2v) is 9.01. The Balaban J connectivity index is 1.37. The molecule has 2 aromatic rings. The van der Waals surface area contributed by atoms with Crippen LogP contribution in [0.3, 0.4) is 0 Å². The summed E-state index contributed by atoms with van der Waals surface area (Å²) in [6, 6.07) is 15.8. The number of benzene rings is 2. The molecule has 4 rings (SSSR count). The molecule has 0 bridgehead atoms. The summed E-state index contributed by atoms with van der Waals surface area (Å²) in [4.78, 5) is 38.5.